The number of carbonyl (C=O) groups excluding carboxylic acids is 2. The number of pyridine rings is 1. The highest BCUT2D eigenvalue weighted by atomic mass is 16.5. The number of aromatic nitrogens is 3. The molecule has 4 heterocycles. The van der Waals surface area contributed by atoms with Crippen LogP contribution in [0.5, 0.6) is 0 Å². The first kappa shape index (κ1) is 21.3. The lowest BCUT2D eigenvalue weighted by atomic mass is 9.88. The van der Waals surface area contributed by atoms with Gasteiger partial charge in [-0.1, -0.05) is 6.07 Å². The lowest BCUT2D eigenvalue weighted by molar-refractivity contribution is -0.179. The van der Waals surface area contributed by atoms with Crippen LogP contribution < -0.4 is 5.32 Å². The van der Waals surface area contributed by atoms with Crippen molar-refractivity contribution in [2.45, 2.75) is 57.5 Å². The van der Waals surface area contributed by atoms with Crippen LogP contribution in [-0.2, 0) is 28.2 Å². The average Bonchev–Trinajstić information content (AvgIpc) is 3.23. The van der Waals surface area contributed by atoms with Crippen LogP contribution in [0.4, 0.5) is 4.79 Å². The number of amides is 3. The molecule has 0 bridgehead atoms. The van der Waals surface area contributed by atoms with E-state index in [0.29, 0.717) is 39.0 Å². The molecule has 1 fully saturated rings. The Morgan fingerprint density at radius 2 is 2.03 bits per heavy atom. The van der Waals surface area contributed by atoms with Gasteiger partial charge < -0.3 is 24.4 Å². The molecule has 9 nitrogen and oxygen atoms in total. The van der Waals surface area contributed by atoms with E-state index in [-0.39, 0.29) is 18.0 Å². The second kappa shape index (κ2) is 8.66. The molecule has 2 aromatic heterocycles. The van der Waals surface area contributed by atoms with Crippen molar-refractivity contribution in [2.24, 2.45) is 0 Å². The van der Waals surface area contributed by atoms with Gasteiger partial charge >= 0.3 is 6.03 Å². The Morgan fingerprint density at radius 1 is 1.26 bits per heavy atom. The summed E-state index contributed by atoms with van der Waals surface area (Å²) in [5, 5.41) is 2.94. The SMILES string of the molecule is CC(C)NC(=O)N1CCC2(CC1)O[C@H](C(=O)N(C)Cc1ccccn1)Cn1ccnc12. The molecule has 1 N–H and O–H groups in total. The van der Waals surface area contributed by atoms with Crippen molar-refractivity contribution >= 4 is 11.9 Å². The fraction of sp³-hybridized carbons (Fsp3) is 0.545. The molecule has 1 atom stereocenters. The van der Waals surface area contributed by atoms with E-state index in [1.165, 1.54) is 0 Å². The number of imidazole rings is 1. The molecule has 2 aromatic rings. The second-order valence-electron chi connectivity index (χ2n) is 8.61. The molecule has 9 heteroatoms. The highest BCUT2D eigenvalue weighted by Gasteiger charge is 2.48. The maximum atomic E-state index is 13.2. The highest BCUT2D eigenvalue weighted by molar-refractivity contribution is 5.81. The van der Waals surface area contributed by atoms with Crippen LogP contribution >= 0.6 is 0 Å². The molecule has 31 heavy (non-hydrogen) atoms. The third-order valence-electron chi connectivity index (χ3n) is 5.90. The van der Waals surface area contributed by atoms with Gasteiger partial charge in [0.1, 0.15) is 11.4 Å². The van der Waals surface area contributed by atoms with Crippen molar-refractivity contribution < 1.29 is 14.3 Å². The number of likely N-dealkylation sites (N-methyl/N-ethyl adjacent to an activating group) is 1. The number of hydrogen-bond acceptors (Lipinski definition) is 5. The van der Waals surface area contributed by atoms with Crippen molar-refractivity contribution in [3.05, 3.63) is 48.3 Å². The summed E-state index contributed by atoms with van der Waals surface area (Å²) in [6.45, 7) is 5.85. The van der Waals surface area contributed by atoms with E-state index in [9.17, 15) is 9.59 Å². The third kappa shape index (κ3) is 4.41. The van der Waals surface area contributed by atoms with Crippen molar-refractivity contribution in [1.82, 2.24) is 29.7 Å². The normalized spacial score (nSPS) is 19.9. The van der Waals surface area contributed by atoms with E-state index < -0.39 is 11.7 Å². The Hall–Kier alpha value is -2.94. The minimum Gasteiger partial charge on any atom is -0.352 e. The molecular formula is C22H30N6O3. The van der Waals surface area contributed by atoms with Gasteiger partial charge in [0.05, 0.1) is 18.8 Å². The van der Waals surface area contributed by atoms with Gasteiger partial charge in [0.2, 0.25) is 0 Å². The number of fused-ring (bicyclic) bond motifs is 2. The number of piperidine rings is 1. The van der Waals surface area contributed by atoms with E-state index in [4.69, 9.17) is 4.74 Å². The van der Waals surface area contributed by atoms with Gasteiger partial charge in [-0.15, -0.1) is 0 Å². The number of rotatable bonds is 4. The van der Waals surface area contributed by atoms with Crippen LogP contribution in [0.1, 0.15) is 38.2 Å². The van der Waals surface area contributed by atoms with Gasteiger partial charge in [0.25, 0.3) is 5.91 Å². The topological polar surface area (TPSA) is 92.6 Å². The molecule has 1 spiro atoms. The summed E-state index contributed by atoms with van der Waals surface area (Å²) in [4.78, 5) is 37.9. The quantitative estimate of drug-likeness (QED) is 0.804. The molecule has 0 radical (unpaired) electrons. The Morgan fingerprint density at radius 3 is 2.71 bits per heavy atom. The maximum absolute atomic E-state index is 13.2. The third-order valence-corrected chi connectivity index (χ3v) is 5.90. The summed E-state index contributed by atoms with van der Waals surface area (Å²) in [5.41, 5.74) is 0.166. The monoisotopic (exact) mass is 426 g/mol. The molecule has 4 rings (SSSR count). The van der Waals surface area contributed by atoms with Gasteiger partial charge in [0.15, 0.2) is 6.10 Å². The van der Waals surface area contributed by atoms with Crippen LogP contribution in [0, 0.1) is 0 Å². The number of urea groups is 1. The molecule has 166 valence electrons. The predicted molar refractivity (Wildman–Crippen MR) is 114 cm³/mol. The van der Waals surface area contributed by atoms with Gasteiger partial charge in [-0.25, -0.2) is 9.78 Å². The second-order valence-corrected chi connectivity index (χ2v) is 8.61. The number of hydrogen-bond donors (Lipinski definition) is 1. The van der Waals surface area contributed by atoms with Crippen molar-refractivity contribution in [3.8, 4) is 0 Å². The fourth-order valence-electron chi connectivity index (χ4n) is 4.33. The average molecular weight is 427 g/mol. The number of carbonyl (C=O) groups is 2. The van der Waals surface area contributed by atoms with E-state index in [1.54, 1.807) is 29.2 Å². The summed E-state index contributed by atoms with van der Waals surface area (Å²) in [7, 11) is 1.77. The van der Waals surface area contributed by atoms with Crippen molar-refractivity contribution in [1.29, 1.82) is 0 Å². The largest absolute Gasteiger partial charge is 0.352 e. The van der Waals surface area contributed by atoms with Crippen LogP contribution in [0.15, 0.2) is 36.8 Å². The summed E-state index contributed by atoms with van der Waals surface area (Å²) >= 11 is 0. The molecule has 1 saturated heterocycles. The summed E-state index contributed by atoms with van der Waals surface area (Å²) in [6.07, 6.45) is 5.97. The first-order chi connectivity index (χ1) is 14.9. The smallest absolute Gasteiger partial charge is 0.317 e. The zero-order chi connectivity index (χ0) is 22.0. The van der Waals surface area contributed by atoms with E-state index in [0.717, 1.165) is 11.5 Å². The number of nitrogens with zero attached hydrogens (tertiary/aromatic N) is 5. The van der Waals surface area contributed by atoms with Gasteiger partial charge in [-0.3, -0.25) is 9.78 Å². The molecule has 0 aromatic carbocycles. The summed E-state index contributed by atoms with van der Waals surface area (Å²) in [6, 6.07) is 5.69. The summed E-state index contributed by atoms with van der Waals surface area (Å²) < 4.78 is 8.49. The standard InChI is InChI=1S/C22H30N6O3/c1-16(2)25-21(30)27-11-7-22(8-12-27)20-24-10-13-28(20)15-18(31-22)19(29)26(3)14-17-6-4-5-9-23-17/h4-6,9-10,13,16,18H,7-8,11-12,14-15H2,1-3H3,(H,25,30)/t18-/m0/s1. The van der Waals surface area contributed by atoms with Crippen molar-refractivity contribution in [3.63, 3.8) is 0 Å². The lowest BCUT2D eigenvalue weighted by Gasteiger charge is -2.46. The first-order valence-electron chi connectivity index (χ1n) is 10.8. The molecule has 0 aliphatic carbocycles. The first-order valence-corrected chi connectivity index (χ1v) is 10.8. The van der Waals surface area contributed by atoms with Gasteiger partial charge in [-0.05, 0) is 26.0 Å². The zero-order valence-corrected chi connectivity index (χ0v) is 18.3. The number of likely N-dealkylation sites (tertiary alicyclic amines) is 1. The Kier molecular flexibility index (Phi) is 5.95. The minimum atomic E-state index is -0.664. The van der Waals surface area contributed by atoms with Gasteiger partial charge in [0, 0.05) is 57.6 Å². The molecule has 0 saturated carbocycles. The van der Waals surface area contributed by atoms with Crippen LogP contribution in [0.3, 0.4) is 0 Å². The summed E-state index contributed by atoms with van der Waals surface area (Å²) in [5.74, 6) is 0.761. The van der Waals surface area contributed by atoms with E-state index in [1.807, 2.05) is 42.8 Å². The maximum Gasteiger partial charge on any atom is 0.317 e. The Bertz CT molecular complexity index is 920. The fourth-order valence-corrected chi connectivity index (χ4v) is 4.33. The highest BCUT2D eigenvalue weighted by Crippen LogP contribution is 2.40. The molecule has 0 unspecified atom stereocenters. The molecular weight excluding hydrogens is 396 g/mol. The number of ether oxygens (including phenoxy) is 1. The van der Waals surface area contributed by atoms with E-state index in [2.05, 4.69) is 15.3 Å². The van der Waals surface area contributed by atoms with E-state index >= 15 is 0 Å². The minimum absolute atomic E-state index is 0.0632. The van der Waals surface area contributed by atoms with Crippen molar-refractivity contribution in [2.75, 3.05) is 20.1 Å². The molecule has 3 amide bonds. The predicted octanol–water partition coefficient (Wildman–Crippen LogP) is 1.74. The van der Waals surface area contributed by atoms with Gasteiger partial charge in [-0.2, -0.15) is 0 Å². The Balaban J connectivity index is 1.47. The number of nitrogens with one attached hydrogen (secondary N) is 1. The van der Waals surface area contributed by atoms with Crippen LogP contribution in [0.2, 0.25) is 0 Å². The molecule has 2 aliphatic rings. The van der Waals surface area contributed by atoms with Crippen LogP contribution in [0.25, 0.3) is 0 Å². The zero-order valence-electron chi connectivity index (χ0n) is 18.3. The lowest BCUT2D eigenvalue weighted by Crippen LogP contribution is -2.56. The Labute approximate surface area is 182 Å². The van der Waals surface area contributed by atoms with Crippen LogP contribution in [-0.4, -0.2) is 68.6 Å². The molecule has 2 aliphatic heterocycles.